The van der Waals surface area contributed by atoms with E-state index in [4.69, 9.17) is 4.74 Å². The SMILES string of the molecule is C/C=C/C=C/C(=O)OCc1csc(N(C(C)=O)c2ccccc2F)n1. The Morgan fingerprint density at radius 2 is 2.08 bits per heavy atom. The quantitative estimate of drug-likeness (QED) is 0.441. The Hall–Kier alpha value is -2.80. The van der Waals surface area contributed by atoms with Gasteiger partial charge in [0.15, 0.2) is 5.13 Å². The van der Waals surface area contributed by atoms with Gasteiger partial charge in [0.05, 0.1) is 11.4 Å². The van der Waals surface area contributed by atoms with Crippen LogP contribution in [0.25, 0.3) is 0 Å². The highest BCUT2D eigenvalue weighted by Crippen LogP contribution is 2.30. The molecular formula is C18H17FN2O3S. The van der Waals surface area contributed by atoms with Gasteiger partial charge in [-0.2, -0.15) is 0 Å². The van der Waals surface area contributed by atoms with E-state index in [-0.39, 0.29) is 18.2 Å². The molecule has 2 aromatic rings. The molecule has 0 saturated heterocycles. The number of carbonyl (C=O) groups excluding carboxylic acids is 2. The van der Waals surface area contributed by atoms with Gasteiger partial charge in [-0.25, -0.2) is 14.2 Å². The highest BCUT2D eigenvalue weighted by molar-refractivity contribution is 7.14. The first-order valence-electron chi connectivity index (χ1n) is 7.48. The third-order valence-corrected chi connectivity index (χ3v) is 3.91. The van der Waals surface area contributed by atoms with Crippen LogP contribution in [0, 0.1) is 5.82 Å². The van der Waals surface area contributed by atoms with Gasteiger partial charge in [0.1, 0.15) is 12.4 Å². The molecule has 0 bridgehead atoms. The standard InChI is InChI=1S/C18H17FN2O3S/c1-3-4-5-10-17(23)24-11-14-12-25-18(20-14)21(13(2)22)16-9-7-6-8-15(16)19/h3-10,12H,11H2,1-2H3/b4-3+,10-5+. The summed E-state index contributed by atoms with van der Waals surface area (Å²) in [6.45, 7) is 3.14. The monoisotopic (exact) mass is 360 g/mol. The zero-order valence-electron chi connectivity index (χ0n) is 13.8. The van der Waals surface area contributed by atoms with Gasteiger partial charge >= 0.3 is 5.97 Å². The number of hydrogen-bond donors (Lipinski definition) is 0. The van der Waals surface area contributed by atoms with Crippen LogP contribution in [0.1, 0.15) is 19.5 Å². The number of allylic oxidation sites excluding steroid dienone is 3. The molecule has 7 heteroatoms. The van der Waals surface area contributed by atoms with E-state index in [0.29, 0.717) is 10.8 Å². The number of para-hydroxylation sites is 1. The summed E-state index contributed by atoms with van der Waals surface area (Å²) in [5.74, 6) is -1.38. The molecule has 1 amide bonds. The summed E-state index contributed by atoms with van der Waals surface area (Å²) in [4.78, 5) is 28.9. The minimum absolute atomic E-state index is 0.0292. The maximum atomic E-state index is 14.0. The fraction of sp³-hybridized carbons (Fsp3) is 0.167. The van der Waals surface area contributed by atoms with E-state index in [1.165, 1.54) is 41.4 Å². The van der Waals surface area contributed by atoms with Crippen molar-refractivity contribution in [2.24, 2.45) is 0 Å². The van der Waals surface area contributed by atoms with Gasteiger partial charge in [-0.15, -0.1) is 11.3 Å². The molecular weight excluding hydrogens is 343 g/mol. The molecule has 25 heavy (non-hydrogen) atoms. The molecule has 0 unspecified atom stereocenters. The number of halogens is 1. The van der Waals surface area contributed by atoms with Crippen LogP contribution in [-0.2, 0) is 20.9 Å². The number of thiazole rings is 1. The number of ether oxygens (including phenoxy) is 1. The van der Waals surface area contributed by atoms with Gasteiger partial charge in [0.2, 0.25) is 5.91 Å². The van der Waals surface area contributed by atoms with Gasteiger partial charge < -0.3 is 4.74 Å². The van der Waals surface area contributed by atoms with Gasteiger partial charge in [-0.05, 0) is 19.1 Å². The van der Waals surface area contributed by atoms with Crippen molar-refractivity contribution in [3.63, 3.8) is 0 Å². The fourth-order valence-corrected chi connectivity index (χ4v) is 2.81. The molecule has 2 rings (SSSR count). The van der Waals surface area contributed by atoms with Crippen molar-refractivity contribution in [2.75, 3.05) is 4.90 Å². The molecule has 0 aliphatic carbocycles. The average Bonchev–Trinajstić information content (AvgIpc) is 3.03. The first-order chi connectivity index (χ1) is 12.0. The van der Waals surface area contributed by atoms with Gasteiger partial charge in [0.25, 0.3) is 0 Å². The zero-order chi connectivity index (χ0) is 18.2. The molecule has 0 spiro atoms. The minimum Gasteiger partial charge on any atom is -0.456 e. The summed E-state index contributed by atoms with van der Waals surface area (Å²) >= 11 is 1.17. The van der Waals surface area contributed by atoms with Crippen LogP contribution < -0.4 is 4.90 Å². The Labute approximate surface area is 149 Å². The number of anilines is 2. The first-order valence-corrected chi connectivity index (χ1v) is 8.36. The summed E-state index contributed by atoms with van der Waals surface area (Å²) in [5, 5.41) is 1.97. The van der Waals surface area contributed by atoms with E-state index in [1.807, 2.05) is 6.92 Å². The fourth-order valence-electron chi connectivity index (χ4n) is 1.94. The average molecular weight is 360 g/mol. The molecule has 0 aliphatic rings. The summed E-state index contributed by atoms with van der Waals surface area (Å²) in [6.07, 6.45) is 6.37. The predicted octanol–water partition coefficient (Wildman–Crippen LogP) is 4.14. The number of amides is 1. The normalized spacial score (nSPS) is 11.2. The second-order valence-electron chi connectivity index (χ2n) is 4.92. The molecule has 0 aliphatic heterocycles. The highest BCUT2D eigenvalue weighted by Gasteiger charge is 2.21. The Bertz CT molecular complexity index is 814. The van der Waals surface area contributed by atoms with Crippen molar-refractivity contribution >= 4 is 34.0 Å². The number of aromatic nitrogens is 1. The maximum Gasteiger partial charge on any atom is 0.331 e. The molecule has 0 radical (unpaired) electrons. The zero-order valence-corrected chi connectivity index (χ0v) is 14.6. The van der Waals surface area contributed by atoms with Crippen LogP contribution >= 0.6 is 11.3 Å². The third-order valence-electron chi connectivity index (χ3n) is 3.04. The number of carbonyl (C=O) groups is 2. The number of rotatable bonds is 6. The van der Waals surface area contributed by atoms with E-state index in [0.717, 1.165) is 0 Å². The molecule has 130 valence electrons. The van der Waals surface area contributed by atoms with Crippen molar-refractivity contribution in [1.82, 2.24) is 4.98 Å². The van der Waals surface area contributed by atoms with E-state index >= 15 is 0 Å². The first kappa shape index (κ1) is 18.5. The molecule has 1 aromatic heterocycles. The van der Waals surface area contributed by atoms with E-state index in [9.17, 15) is 14.0 Å². The van der Waals surface area contributed by atoms with Gasteiger partial charge in [0, 0.05) is 18.4 Å². The van der Waals surface area contributed by atoms with Crippen molar-refractivity contribution in [1.29, 1.82) is 0 Å². The topological polar surface area (TPSA) is 59.5 Å². The smallest absolute Gasteiger partial charge is 0.331 e. The van der Waals surface area contributed by atoms with Crippen molar-refractivity contribution in [3.8, 4) is 0 Å². The second-order valence-corrected chi connectivity index (χ2v) is 5.76. The Balaban J connectivity index is 2.12. The predicted molar refractivity (Wildman–Crippen MR) is 95.1 cm³/mol. The van der Waals surface area contributed by atoms with Crippen LogP contribution in [0.15, 0.2) is 53.9 Å². The molecule has 0 saturated carbocycles. The number of benzene rings is 1. The molecule has 5 nitrogen and oxygen atoms in total. The van der Waals surface area contributed by atoms with Gasteiger partial charge in [-0.1, -0.05) is 30.4 Å². The summed E-state index contributed by atoms with van der Waals surface area (Å²) in [6, 6.07) is 5.97. The number of hydrogen-bond acceptors (Lipinski definition) is 5. The summed E-state index contributed by atoms with van der Waals surface area (Å²) in [7, 11) is 0. The lowest BCUT2D eigenvalue weighted by Gasteiger charge is -2.18. The Morgan fingerprint density at radius 1 is 1.32 bits per heavy atom. The molecule has 0 N–H and O–H groups in total. The number of nitrogens with zero attached hydrogens (tertiary/aromatic N) is 2. The molecule has 1 aromatic carbocycles. The van der Waals surface area contributed by atoms with E-state index in [2.05, 4.69) is 4.98 Å². The van der Waals surface area contributed by atoms with Crippen molar-refractivity contribution in [3.05, 3.63) is 65.5 Å². The van der Waals surface area contributed by atoms with Crippen LogP contribution in [0.5, 0.6) is 0 Å². The van der Waals surface area contributed by atoms with Crippen LogP contribution in [0.2, 0.25) is 0 Å². The Morgan fingerprint density at radius 3 is 2.76 bits per heavy atom. The maximum absolute atomic E-state index is 14.0. The minimum atomic E-state index is -0.519. The Kier molecular flexibility index (Phi) is 6.59. The highest BCUT2D eigenvalue weighted by atomic mass is 32.1. The van der Waals surface area contributed by atoms with Crippen LogP contribution in [0.4, 0.5) is 15.2 Å². The molecule has 0 atom stereocenters. The van der Waals surface area contributed by atoms with Crippen molar-refractivity contribution in [2.45, 2.75) is 20.5 Å². The van der Waals surface area contributed by atoms with Crippen LogP contribution in [-0.4, -0.2) is 16.9 Å². The molecule has 1 heterocycles. The van der Waals surface area contributed by atoms with E-state index in [1.54, 1.807) is 35.7 Å². The van der Waals surface area contributed by atoms with E-state index < -0.39 is 11.8 Å². The number of esters is 1. The lowest BCUT2D eigenvalue weighted by atomic mass is 10.3. The third kappa shape index (κ3) is 5.09. The second kappa shape index (κ2) is 8.89. The largest absolute Gasteiger partial charge is 0.456 e. The van der Waals surface area contributed by atoms with Gasteiger partial charge in [-0.3, -0.25) is 9.69 Å². The molecule has 0 fully saturated rings. The summed E-state index contributed by atoms with van der Waals surface area (Å²) in [5.41, 5.74) is 0.609. The van der Waals surface area contributed by atoms with Crippen molar-refractivity contribution < 1.29 is 18.7 Å². The van der Waals surface area contributed by atoms with Crippen LogP contribution in [0.3, 0.4) is 0 Å². The summed E-state index contributed by atoms with van der Waals surface area (Å²) < 4.78 is 19.1. The lowest BCUT2D eigenvalue weighted by Crippen LogP contribution is -2.23. The lowest BCUT2D eigenvalue weighted by molar-refractivity contribution is -0.139.